The van der Waals surface area contributed by atoms with Crippen LogP contribution in [0.1, 0.15) is 37.1 Å². The van der Waals surface area contributed by atoms with Gasteiger partial charge in [-0.15, -0.1) is 0 Å². The molecule has 0 spiro atoms. The van der Waals surface area contributed by atoms with Crippen LogP contribution in [0, 0.1) is 5.41 Å². The fourth-order valence-corrected chi connectivity index (χ4v) is 1.27. The highest BCUT2D eigenvalue weighted by Crippen LogP contribution is 2.17. The zero-order chi connectivity index (χ0) is 13.9. The van der Waals surface area contributed by atoms with Crippen molar-refractivity contribution in [2.75, 3.05) is 0 Å². The monoisotopic (exact) mass is 254 g/mol. The highest BCUT2D eigenvalue weighted by atomic mass is 16.4. The zero-order valence-electron chi connectivity index (χ0n) is 10.7. The molecule has 1 aromatic rings. The van der Waals surface area contributed by atoms with Crippen molar-refractivity contribution < 1.29 is 19.1 Å². The maximum Gasteiger partial charge on any atom is 0.371 e. The molecule has 1 atom stereocenters. The fourth-order valence-electron chi connectivity index (χ4n) is 1.27. The maximum absolute atomic E-state index is 11.7. The van der Waals surface area contributed by atoms with Crippen molar-refractivity contribution in [2.24, 2.45) is 11.1 Å². The van der Waals surface area contributed by atoms with Crippen molar-refractivity contribution in [3.05, 3.63) is 23.7 Å². The van der Waals surface area contributed by atoms with Crippen LogP contribution in [0.5, 0.6) is 0 Å². The second-order valence-corrected chi connectivity index (χ2v) is 5.13. The van der Waals surface area contributed by atoms with E-state index in [4.69, 9.17) is 15.3 Å². The molecule has 0 saturated heterocycles. The number of rotatable bonds is 4. The minimum Gasteiger partial charge on any atom is -0.475 e. The van der Waals surface area contributed by atoms with Gasteiger partial charge in [0.25, 0.3) is 0 Å². The molecule has 0 bridgehead atoms. The summed E-state index contributed by atoms with van der Waals surface area (Å²) in [6.45, 7) is 5.72. The van der Waals surface area contributed by atoms with Gasteiger partial charge in [0, 0.05) is 0 Å². The normalized spacial score (nSPS) is 13.1. The zero-order valence-corrected chi connectivity index (χ0v) is 10.7. The van der Waals surface area contributed by atoms with Gasteiger partial charge in [-0.2, -0.15) is 0 Å². The third kappa shape index (κ3) is 3.59. The molecular weight excluding hydrogens is 236 g/mol. The molecule has 1 heterocycles. The lowest BCUT2D eigenvalue weighted by atomic mass is 9.87. The molecule has 18 heavy (non-hydrogen) atoms. The molecule has 0 aliphatic heterocycles. The third-order valence-electron chi connectivity index (χ3n) is 2.52. The molecular formula is C12H18N2O4. The van der Waals surface area contributed by atoms with Gasteiger partial charge in [0.15, 0.2) is 0 Å². The Kier molecular flexibility index (Phi) is 4.13. The van der Waals surface area contributed by atoms with E-state index in [2.05, 4.69) is 5.32 Å². The Morgan fingerprint density at radius 2 is 2.06 bits per heavy atom. The van der Waals surface area contributed by atoms with Crippen molar-refractivity contribution in [1.29, 1.82) is 0 Å². The number of carbonyl (C=O) groups is 2. The van der Waals surface area contributed by atoms with Crippen LogP contribution in [0.15, 0.2) is 16.5 Å². The van der Waals surface area contributed by atoms with Crippen LogP contribution >= 0.6 is 0 Å². The van der Waals surface area contributed by atoms with Gasteiger partial charge in [-0.25, -0.2) is 4.79 Å². The number of carbonyl (C=O) groups excluding carboxylic acids is 1. The smallest absolute Gasteiger partial charge is 0.371 e. The van der Waals surface area contributed by atoms with E-state index in [1.807, 2.05) is 20.8 Å². The van der Waals surface area contributed by atoms with E-state index in [1.54, 1.807) is 0 Å². The van der Waals surface area contributed by atoms with Crippen LogP contribution in [-0.2, 0) is 11.3 Å². The molecule has 0 unspecified atom stereocenters. The molecule has 0 saturated carbocycles. The largest absolute Gasteiger partial charge is 0.475 e. The number of carboxylic acids is 1. The van der Waals surface area contributed by atoms with E-state index in [-0.39, 0.29) is 23.6 Å². The Balaban J connectivity index is 2.55. The minimum absolute atomic E-state index is 0.121. The second kappa shape index (κ2) is 5.22. The van der Waals surface area contributed by atoms with Crippen LogP contribution in [0.25, 0.3) is 0 Å². The quantitative estimate of drug-likeness (QED) is 0.742. The molecule has 1 amide bonds. The lowest BCUT2D eigenvalue weighted by Gasteiger charge is -2.25. The summed E-state index contributed by atoms with van der Waals surface area (Å²) < 4.78 is 5.01. The SMILES string of the molecule is CC(C)(C)[C@@H](N)C(=O)NCc1ccc(C(=O)O)o1. The van der Waals surface area contributed by atoms with Gasteiger partial charge < -0.3 is 20.6 Å². The topological polar surface area (TPSA) is 106 Å². The summed E-state index contributed by atoms with van der Waals surface area (Å²) in [5, 5.41) is 11.3. The summed E-state index contributed by atoms with van der Waals surface area (Å²) in [6.07, 6.45) is 0. The number of nitrogens with one attached hydrogen (secondary N) is 1. The van der Waals surface area contributed by atoms with Crippen LogP contribution < -0.4 is 11.1 Å². The van der Waals surface area contributed by atoms with Gasteiger partial charge in [0.2, 0.25) is 11.7 Å². The first-order valence-electron chi connectivity index (χ1n) is 5.57. The predicted molar refractivity (Wildman–Crippen MR) is 64.9 cm³/mol. The number of aromatic carboxylic acids is 1. The maximum atomic E-state index is 11.7. The molecule has 6 nitrogen and oxygen atoms in total. The number of nitrogens with two attached hydrogens (primary N) is 1. The van der Waals surface area contributed by atoms with E-state index < -0.39 is 12.0 Å². The van der Waals surface area contributed by atoms with Crippen molar-refractivity contribution in [3.63, 3.8) is 0 Å². The lowest BCUT2D eigenvalue weighted by Crippen LogP contribution is -2.48. The molecule has 4 N–H and O–H groups in total. The summed E-state index contributed by atoms with van der Waals surface area (Å²) >= 11 is 0. The molecule has 100 valence electrons. The van der Waals surface area contributed by atoms with Crippen LogP contribution in [0.3, 0.4) is 0 Å². The molecule has 0 aliphatic rings. The second-order valence-electron chi connectivity index (χ2n) is 5.13. The Hall–Kier alpha value is -1.82. The first kappa shape index (κ1) is 14.2. The van der Waals surface area contributed by atoms with Crippen molar-refractivity contribution in [3.8, 4) is 0 Å². The predicted octanol–water partition coefficient (Wildman–Crippen LogP) is 0.967. The number of furan rings is 1. The fraction of sp³-hybridized carbons (Fsp3) is 0.500. The van der Waals surface area contributed by atoms with Crippen molar-refractivity contribution in [1.82, 2.24) is 5.32 Å². The lowest BCUT2D eigenvalue weighted by molar-refractivity contribution is -0.124. The van der Waals surface area contributed by atoms with Gasteiger partial charge in [-0.1, -0.05) is 20.8 Å². The molecule has 0 aromatic carbocycles. The van der Waals surface area contributed by atoms with Crippen LogP contribution in [0.4, 0.5) is 0 Å². The van der Waals surface area contributed by atoms with Gasteiger partial charge in [0.1, 0.15) is 5.76 Å². The number of carboxylic acid groups (broad SMARTS) is 1. The standard InChI is InChI=1S/C12H18N2O4/c1-12(2,3)9(13)10(15)14-6-7-4-5-8(18-7)11(16)17/h4-5,9H,6,13H2,1-3H3,(H,14,15)(H,16,17)/t9-/m0/s1. The van der Waals surface area contributed by atoms with E-state index in [9.17, 15) is 9.59 Å². The van der Waals surface area contributed by atoms with E-state index in [0.717, 1.165) is 0 Å². The van der Waals surface area contributed by atoms with Crippen LogP contribution in [0.2, 0.25) is 0 Å². The molecule has 1 aromatic heterocycles. The minimum atomic E-state index is -1.14. The summed E-state index contributed by atoms with van der Waals surface area (Å²) in [6, 6.07) is 2.21. The highest BCUT2D eigenvalue weighted by molar-refractivity contribution is 5.84. The summed E-state index contributed by atoms with van der Waals surface area (Å²) in [5.74, 6) is -1.21. The molecule has 0 fully saturated rings. The number of amides is 1. The molecule has 0 aliphatic carbocycles. The van der Waals surface area contributed by atoms with E-state index in [0.29, 0.717) is 5.76 Å². The van der Waals surface area contributed by atoms with Crippen molar-refractivity contribution >= 4 is 11.9 Å². The number of hydrogen-bond donors (Lipinski definition) is 3. The molecule has 6 heteroatoms. The Morgan fingerprint density at radius 3 is 2.50 bits per heavy atom. The Labute approximate surface area is 105 Å². The van der Waals surface area contributed by atoms with Crippen LogP contribution in [-0.4, -0.2) is 23.0 Å². The molecule has 1 rings (SSSR count). The van der Waals surface area contributed by atoms with E-state index in [1.165, 1.54) is 12.1 Å². The van der Waals surface area contributed by atoms with Gasteiger partial charge in [0.05, 0.1) is 12.6 Å². The van der Waals surface area contributed by atoms with Gasteiger partial charge >= 0.3 is 5.97 Å². The van der Waals surface area contributed by atoms with Gasteiger partial charge in [-0.3, -0.25) is 4.79 Å². The molecule has 0 radical (unpaired) electrons. The first-order chi connectivity index (χ1) is 8.21. The van der Waals surface area contributed by atoms with Crippen molar-refractivity contribution in [2.45, 2.75) is 33.4 Å². The summed E-state index contributed by atoms with van der Waals surface area (Å²) in [4.78, 5) is 22.3. The Bertz CT molecular complexity index is 445. The summed E-state index contributed by atoms with van der Waals surface area (Å²) in [5.41, 5.74) is 5.44. The highest BCUT2D eigenvalue weighted by Gasteiger charge is 2.27. The third-order valence-corrected chi connectivity index (χ3v) is 2.52. The van der Waals surface area contributed by atoms with E-state index >= 15 is 0 Å². The average Bonchev–Trinajstić information content (AvgIpc) is 2.72. The summed E-state index contributed by atoms with van der Waals surface area (Å²) in [7, 11) is 0. The Morgan fingerprint density at radius 1 is 1.44 bits per heavy atom. The van der Waals surface area contributed by atoms with Gasteiger partial charge in [-0.05, 0) is 17.5 Å². The first-order valence-corrected chi connectivity index (χ1v) is 5.57. The average molecular weight is 254 g/mol. The number of hydrogen-bond acceptors (Lipinski definition) is 4.